The van der Waals surface area contributed by atoms with Crippen LogP contribution in [0.4, 0.5) is 10.4 Å². The maximum Gasteiger partial charge on any atom is 0.348 e. The van der Waals surface area contributed by atoms with Gasteiger partial charge in [0.25, 0.3) is 6.01 Å². The van der Waals surface area contributed by atoms with Crippen molar-refractivity contribution >= 4 is 16.9 Å². The lowest BCUT2D eigenvalue weighted by molar-refractivity contribution is 0.489. The highest BCUT2D eigenvalue weighted by Crippen LogP contribution is 2.15. The van der Waals surface area contributed by atoms with Gasteiger partial charge in [-0.3, -0.25) is 0 Å². The van der Waals surface area contributed by atoms with E-state index in [0.717, 1.165) is 6.07 Å². The lowest BCUT2D eigenvalue weighted by Crippen LogP contribution is -2.27. The number of fused-ring (bicyclic) bond motifs is 1. The van der Waals surface area contributed by atoms with Crippen LogP contribution < -0.4 is 10.9 Å². The van der Waals surface area contributed by atoms with Crippen molar-refractivity contribution in [2.24, 2.45) is 0 Å². The summed E-state index contributed by atoms with van der Waals surface area (Å²) in [5.74, 6) is -0.483. The molecule has 4 nitrogen and oxygen atoms in total. The van der Waals surface area contributed by atoms with E-state index in [-0.39, 0.29) is 16.9 Å². The Labute approximate surface area is 97.5 Å². The number of nitrogens with zero attached hydrogens (tertiary/aromatic N) is 1. The molecule has 17 heavy (non-hydrogen) atoms. The number of benzene rings is 1. The third-order valence-electron chi connectivity index (χ3n) is 2.07. The van der Waals surface area contributed by atoms with E-state index < -0.39 is 11.4 Å². The van der Waals surface area contributed by atoms with Crippen LogP contribution in [0.25, 0.3) is 10.9 Å². The van der Waals surface area contributed by atoms with Crippen LogP contribution in [-0.4, -0.2) is 10.5 Å². The first kappa shape index (κ1) is 11.6. The zero-order valence-electron chi connectivity index (χ0n) is 9.87. The van der Waals surface area contributed by atoms with Gasteiger partial charge in [-0.1, -0.05) is 0 Å². The van der Waals surface area contributed by atoms with Gasteiger partial charge in [0, 0.05) is 5.54 Å². The highest BCUT2D eigenvalue weighted by Gasteiger charge is 2.14. The average molecular weight is 236 g/mol. The van der Waals surface area contributed by atoms with E-state index in [9.17, 15) is 9.18 Å². The van der Waals surface area contributed by atoms with Crippen molar-refractivity contribution in [3.05, 3.63) is 34.4 Å². The lowest BCUT2D eigenvalue weighted by Gasteiger charge is -2.19. The number of halogens is 1. The average Bonchev–Trinajstić information content (AvgIpc) is 2.17. The maximum absolute atomic E-state index is 13.0. The minimum absolute atomic E-state index is 0.140. The molecule has 1 aromatic heterocycles. The molecule has 0 saturated heterocycles. The number of aromatic nitrogens is 1. The Kier molecular flexibility index (Phi) is 2.61. The first-order valence-electron chi connectivity index (χ1n) is 5.24. The van der Waals surface area contributed by atoms with Crippen molar-refractivity contribution in [3.63, 3.8) is 0 Å². The molecular formula is C12H13FN2O2. The molecule has 1 N–H and O–H groups in total. The molecule has 0 aliphatic rings. The summed E-state index contributed by atoms with van der Waals surface area (Å²) in [4.78, 5) is 15.7. The van der Waals surface area contributed by atoms with Gasteiger partial charge in [0.15, 0.2) is 0 Å². The van der Waals surface area contributed by atoms with Crippen molar-refractivity contribution in [2.75, 3.05) is 5.32 Å². The van der Waals surface area contributed by atoms with Gasteiger partial charge in [0.1, 0.15) is 5.82 Å². The van der Waals surface area contributed by atoms with E-state index in [0.29, 0.717) is 5.52 Å². The second kappa shape index (κ2) is 3.84. The molecule has 0 saturated carbocycles. The van der Waals surface area contributed by atoms with Crippen molar-refractivity contribution in [3.8, 4) is 0 Å². The van der Waals surface area contributed by atoms with E-state index >= 15 is 0 Å². The Morgan fingerprint density at radius 3 is 2.71 bits per heavy atom. The molecule has 0 unspecified atom stereocenters. The molecule has 5 heteroatoms. The fourth-order valence-corrected chi connectivity index (χ4v) is 1.42. The Morgan fingerprint density at radius 1 is 1.35 bits per heavy atom. The van der Waals surface area contributed by atoms with Crippen molar-refractivity contribution in [1.29, 1.82) is 0 Å². The summed E-state index contributed by atoms with van der Waals surface area (Å²) in [5, 5.41) is 3.10. The minimum atomic E-state index is -0.596. The van der Waals surface area contributed by atoms with Crippen LogP contribution >= 0.6 is 0 Å². The molecule has 0 spiro atoms. The van der Waals surface area contributed by atoms with Crippen LogP contribution in [0.2, 0.25) is 0 Å². The summed E-state index contributed by atoms with van der Waals surface area (Å²) in [6.45, 7) is 5.76. The Morgan fingerprint density at radius 2 is 2.06 bits per heavy atom. The number of hydrogen-bond acceptors (Lipinski definition) is 4. The molecule has 0 radical (unpaired) electrons. The van der Waals surface area contributed by atoms with Gasteiger partial charge in [-0.2, -0.15) is 4.98 Å². The summed E-state index contributed by atoms with van der Waals surface area (Å²) in [7, 11) is 0. The van der Waals surface area contributed by atoms with Gasteiger partial charge in [-0.15, -0.1) is 0 Å². The van der Waals surface area contributed by atoms with E-state index in [1.165, 1.54) is 12.1 Å². The second-order valence-corrected chi connectivity index (χ2v) is 4.84. The number of anilines is 1. The molecule has 0 atom stereocenters. The second-order valence-electron chi connectivity index (χ2n) is 4.84. The predicted molar refractivity (Wildman–Crippen MR) is 63.6 cm³/mol. The summed E-state index contributed by atoms with van der Waals surface area (Å²) in [6, 6.07) is 3.97. The summed E-state index contributed by atoms with van der Waals surface area (Å²) in [6.07, 6.45) is 0. The number of hydrogen-bond donors (Lipinski definition) is 1. The first-order chi connectivity index (χ1) is 7.85. The van der Waals surface area contributed by atoms with Crippen LogP contribution in [0.3, 0.4) is 0 Å². The summed E-state index contributed by atoms with van der Waals surface area (Å²) in [5.41, 5.74) is -0.452. The topological polar surface area (TPSA) is 55.1 Å². The van der Waals surface area contributed by atoms with Gasteiger partial charge in [-0.25, -0.2) is 9.18 Å². The predicted octanol–water partition coefficient (Wildman–Crippen LogP) is 2.54. The SMILES string of the molecule is CC(C)(C)Nc1nc2ccc(F)cc2c(=O)o1. The molecule has 1 heterocycles. The Hall–Kier alpha value is -1.91. The number of rotatable bonds is 1. The van der Waals surface area contributed by atoms with Gasteiger partial charge in [0.2, 0.25) is 0 Å². The summed E-state index contributed by atoms with van der Waals surface area (Å²) >= 11 is 0. The van der Waals surface area contributed by atoms with Crippen LogP contribution in [0.5, 0.6) is 0 Å². The zero-order valence-corrected chi connectivity index (χ0v) is 9.87. The third-order valence-corrected chi connectivity index (χ3v) is 2.07. The van der Waals surface area contributed by atoms with Crippen molar-refractivity contribution < 1.29 is 8.81 Å². The molecular weight excluding hydrogens is 223 g/mol. The summed E-state index contributed by atoms with van der Waals surface area (Å²) < 4.78 is 17.9. The monoisotopic (exact) mass is 236 g/mol. The zero-order chi connectivity index (χ0) is 12.6. The van der Waals surface area contributed by atoms with Crippen LogP contribution in [0, 0.1) is 5.82 Å². The van der Waals surface area contributed by atoms with Gasteiger partial charge in [0.05, 0.1) is 10.9 Å². The van der Waals surface area contributed by atoms with E-state index in [1.54, 1.807) is 0 Å². The molecule has 0 aliphatic carbocycles. The Bertz CT molecular complexity index is 614. The first-order valence-corrected chi connectivity index (χ1v) is 5.24. The molecule has 2 aromatic rings. The third kappa shape index (κ3) is 2.61. The van der Waals surface area contributed by atoms with Gasteiger partial charge in [-0.05, 0) is 39.0 Å². The number of nitrogens with one attached hydrogen (secondary N) is 1. The molecule has 0 fully saturated rings. The fourth-order valence-electron chi connectivity index (χ4n) is 1.42. The van der Waals surface area contributed by atoms with Crippen LogP contribution in [-0.2, 0) is 0 Å². The van der Waals surface area contributed by atoms with Crippen molar-refractivity contribution in [1.82, 2.24) is 4.98 Å². The molecule has 90 valence electrons. The minimum Gasteiger partial charge on any atom is -0.389 e. The molecule has 0 bridgehead atoms. The van der Waals surface area contributed by atoms with E-state index in [2.05, 4.69) is 10.3 Å². The lowest BCUT2D eigenvalue weighted by atomic mass is 10.1. The highest BCUT2D eigenvalue weighted by molar-refractivity contribution is 5.77. The molecule has 2 rings (SSSR count). The normalized spacial score (nSPS) is 11.8. The molecule has 0 amide bonds. The van der Waals surface area contributed by atoms with Gasteiger partial charge < -0.3 is 9.73 Å². The molecule has 0 aliphatic heterocycles. The fraction of sp³-hybridized carbons (Fsp3) is 0.333. The quantitative estimate of drug-likeness (QED) is 0.826. The van der Waals surface area contributed by atoms with Crippen molar-refractivity contribution in [2.45, 2.75) is 26.3 Å². The van der Waals surface area contributed by atoms with E-state index in [1.807, 2.05) is 20.8 Å². The standard InChI is InChI=1S/C12H13FN2O2/c1-12(2,3)15-11-14-9-5-4-7(13)6-8(9)10(16)17-11/h4-6H,1-3H3,(H,14,15). The largest absolute Gasteiger partial charge is 0.389 e. The Balaban J connectivity index is 2.57. The van der Waals surface area contributed by atoms with Gasteiger partial charge >= 0.3 is 5.63 Å². The maximum atomic E-state index is 13.0. The van der Waals surface area contributed by atoms with Crippen LogP contribution in [0.15, 0.2) is 27.4 Å². The highest BCUT2D eigenvalue weighted by atomic mass is 19.1. The molecule has 1 aromatic carbocycles. The van der Waals surface area contributed by atoms with Crippen LogP contribution in [0.1, 0.15) is 20.8 Å². The van der Waals surface area contributed by atoms with E-state index in [4.69, 9.17) is 4.42 Å². The smallest absolute Gasteiger partial charge is 0.348 e.